The molecule has 22 heavy (non-hydrogen) atoms. The normalized spacial score (nSPS) is 11.5. The van der Waals surface area contributed by atoms with E-state index >= 15 is 0 Å². The van der Waals surface area contributed by atoms with Crippen molar-refractivity contribution in [3.8, 4) is 0 Å². The van der Waals surface area contributed by atoms with Gasteiger partial charge in [0.25, 0.3) is 0 Å². The topological polar surface area (TPSA) is 91.8 Å². The molecule has 0 fully saturated rings. The number of rotatable bonds is 5. The monoisotopic (exact) mass is 312 g/mol. The molecule has 0 aliphatic carbocycles. The molecule has 0 amide bonds. The van der Waals surface area contributed by atoms with E-state index in [0.717, 1.165) is 16.6 Å². The summed E-state index contributed by atoms with van der Waals surface area (Å²) < 4.78 is 0. The third kappa shape index (κ3) is 3.26. The number of thiophene rings is 1. The first-order valence-electron chi connectivity index (χ1n) is 6.50. The Morgan fingerprint density at radius 1 is 1.36 bits per heavy atom. The van der Waals surface area contributed by atoms with E-state index in [2.05, 4.69) is 20.2 Å². The maximum absolute atomic E-state index is 11.8. The number of pyridine rings is 1. The number of carbonyl (C=O) groups excluding carboxylic acids is 1. The van der Waals surface area contributed by atoms with E-state index in [4.69, 9.17) is 0 Å². The number of H-pyrrole nitrogens is 1. The summed E-state index contributed by atoms with van der Waals surface area (Å²) in [4.78, 5) is 20.9. The number of aliphatic hydroxyl groups excluding tert-OH is 1. The molecule has 0 saturated heterocycles. The highest BCUT2D eigenvalue weighted by Gasteiger charge is 2.10. The fourth-order valence-electron chi connectivity index (χ4n) is 1.89. The number of aromatic nitrogens is 4. The van der Waals surface area contributed by atoms with Crippen LogP contribution in [0.5, 0.6) is 0 Å². The zero-order valence-corrected chi connectivity index (χ0v) is 12.2. The summed E-state index contributed by atoms with van der Waals surface area (Å²) in [6.45, 7) is 0. The van der Waals surface area contributed by atoms with Crippen molar-refractivity contribution >= 4 is 22.9 Å². The lowest BCUT2D eigenvalue weighted by molar-refractivity contribution is 0.103. The van der Waals surface area contributed by atoms with Crippen LogP contribution in [-0.2, 0) is 6.42 Å². The largest absolute Gasteiger partial charge is 0.507 e. The number of ketones is 1. The van der Waals surface area contributed by atoms with Crippen LogP contribution in [0.1, 0.15) is 26.8 Å². The first-order valence-corrected chi connectivity index (χ1v) is 7.38. The van der Waals surface area contributed by atoms with Gasteiger partial charge in [0.15, 0.2) is 5.82 Å². The molecule has 6 nitrogen and oxygen atoms in total. The predicted octanol–water partition coefficient (Wildman–Crippen LogP) is 2.63. The molecule has 3 aromatic heterocycles. The van der Waals surface area contributed by atoms with Gasteiger partial charge >= 0.3 is 0 Å². The summed E-state index contributed by atoms with van der Waals surface area (Å²) in [7, 11) is 0. The van der Waals surface area contributed by atoms with Gasteiger partial charge in [-0.2, -0.15) is 5.10 Å². The van der Waals surface area contributed by atoms with Crippen LogP contribution < -0.4 is 0 Å². The van der Waals surface area contributed by atoms with Crippen LogP contribution in [0.25, 0.3) is 5.76 Å². The highest BCUT2D eigenvalue weighted by Crippen LogP contribution is 2.22. The lowest BCUT2D eigenvalue weighted by Crippen LogP contribution is -1.99. The standard InChI is InChI=1S/C15H12N4O2S/c20-13(7-14(21)15-17-9-18-19-15)10-5-12(22-8-10)6-11-3-1-2-4-16-11/h1-5,7-9,20H,6H2,(H,17,18,19). The molecule has 2 N–H and O–H groups in total. The van der Waals surface area contributed by atoms with Crippen molar-refractivity contribution in [1.29, 1.82) is 0 Å². The van der Waals surface area contributed by atoms with Gasteiger partial charge in [-0.05, 0) is 18.2 Å². The van der Waals surface area contributed by atoms with Crippen molar-refractivity contribution < 1.29 is 9.90 Å². The smallest absolute Gasteiger partial charge is 0.226 e. The fourth-order valence-corrected chi connectivity index (χ4v) is 2.78. The molecule has 0 unspecified atom stereocenters. The van der Waals surface area contributed by atoms with Crippen LogP contribution in [0.15, 0.2) is 48.2 Å². The van der Waals surface area contributed by atoms with E-state index in [1.165, 1.54) is 17.7 Å². The number of hydrogen-bond donors (Lipinski definition) is 2. The minimum atomic E-state index is -0.424. The van der Waals surface area contributed by atoms with E-state index in [1.54, 1.807) is 11.6 Å². The summed E-state index contributed by atoms with van der Waals surface area (Å²) in [5, 5.41) is 17.9. The van der Waals surface area contributed by atoms with Crippen LogP contribution in [0.2, 0.25) is 0 Å². The quantitative estimate of drug-likeness (QED) is 0.429. The molecule has 0 aromatic carbocycles. The maximum Gasteiger partial charge on any atom is 0.226 e. The Balaban J connectivity index is 1.74. The molecule has 110 valence electrons. The number of nitrogens with zero attached hydrogens (tertiary/aromatic N) is 3. The van der Waals surface area contributed by atoms with Gasteiger partial charge in [-0.1, -0.05) is 6.07 Å². The van der Waals surface area contributed by atoms with Crippen molar-refractivity contribution in [1.82, 2.24) is 20.2 Å². The molecule has 0 bridgehead atoms. The molecule has 7 heteroatoms. The third-order valence-electron chi connectivity index (χ3n) is 2.95. The maximum atomic E-state index is 11.8. The van der Waals surface area contributed by atoms with Crippen LogP contribution in [0.4, 0.5) is 0 Å². The Morgan fingerprint density at radius 2 is 2.27 bits per heavy atom. The fraction of sp³-hybridized carbons (Fsp3) is 0.0667. The highest BCUT2D eigenvalue weighted by molar-refractivity contribution is 7.10. The van der Waals surface area contributed by atoms with Crippen molar-refractivity contribution in [2.24, 2.45) is 0 Å². The number of hydrogen-bond acceptors (Lipinski definition) is 6. The Morgan fingerprint density at radius 3 is 3.00 bits per heavy atom. The third-order valence-corrected chi connectivity index (χ3v) is 3.88. The van der Waals surface area contributed by atoms with Gasteiger partial charge in [0.2, 0.25) is 5.78 Å². The summed E-state index contributed by atoms with van der Waals surface area (Å²) in [6, 6.07) is 7.60. The van der Waals surface area contributed by atoms with Gasteiger partial charge in [-0.3, -0.25) is 14.9 Å². The molecule has 0 saturated carbocycles. The van der Waals surface area contributed by atoms with Crippen molar-refractivity contribution in [2.75, 3.05) is 0 Å². The Hall–Kier alpha value is -2.80. The Labute approximate surface area is 130 Å². The van der Waals surface area contributed by atoms with Crippen molar-refractivity contribution in [3.05, 3.63) is 70.2 Å². The highest BCUT2D eigenvalue weighted by atomic mass is 32.1. The van der Waals surface area contributed by atoms with E-state index < -0.39 is 5.78 Å². The van der Waals surface area contributed by atoms with Crippen LogP contribution in [0, 0.1) is 0 Å². The average molecular weight is 312 g/mol. The van der Waals surface area contributed by atoms with Crippen LogP contribution in [0.3, 0.4) is 0 Å². The van der Waals surface area contributed by atoms with Crippen LogP contribution in [-0.4, -0.2) is 31.1 Å². The van der Waals surface area contributed by atoms with E-state index in [9.17, 15) is 9.90 Å². The molecule has 3 heterocycles. The second-order valence-electron chi connectivity index (χ2n) is 4.53. The minimum Gasteiger partial charge on any atom is -0.507 e. The van der Waals surface area contributed by atoms with E-state index in [-0.39, 0.29) is 11.6 Å². The second kappa shape index (κ2) is 6.31. The molecule has 0 radical (unpaired) electrons. The van der Waals surface area contributed by atoms with Crippen LogP contribution >= 0.6 is 11.3 Å². The summed E-state index contributed by atoms with van der Waals surface area (Å²) in [5.41, 5.74) is 1.56. The van der Waals surface area contributed by atoms with Gasteiger partial charge in [0.1, 0.15) is 12.1 Å². The Kier molecular flexibility index (Phi) is 4.06. The number of allylic oxidation sites excluding steroid dienone is 1. The van der Waals surface area contributed by atoms with E-state index in [0.29, 0.717) is 12.0 Å². The summed E-state index contributed by atoms with van der Waals surface area (Å²) in [6.07, 6.45) is 4.81. The molecule has 3 aromatic rings. The summed E-state index contributed by atoms with van der Waals surface area (Å²) in [5.74, 6) is -0.423. The molecule has 0 aliphatic heterocycles. The molecule has 0 aliphatic rings. The minimum absolute atomic E-state index is 0.0927. The van der Waals surface area contributed by atoms with Gasteiger partial charge < -0.3 is 5.11 Å². The predicted molar refractivity (Wildman–Crippen MR) is 82.7 cm³/mol. The molecular formula is C15H12N4O2S. The molecule has 0 spiro atoms. The summed E-state index contributed by atoms with van der Waals surface area (Å²) >= 11 is 1.51. The molecule has 0 atom stereocenters. The van der Waals surface area contributed by atoms with Crippen molar-refractivity contribution in [2.45, 2.75) is 6.42 Å². The van der Waals surface area contributed by atoms with E-state index in [1.807, 2.05) is 24.3 Å². The zero-order chi connectivity index (χ0) is 15.4. The second-order valence-corrected chi connectivity index (χ2v) is 5.52. The van der Waals surface area contributed by atoms with Gasteiger partial charge in [-0.25, -0.2) is 4.98 Å². The first kappa shape index (κ1) is 14.2. The number of carbonyl (C=O) groups is 1. The van der Waals surface area contributed by atoms with Crippen molar-refractivity contribution in [3.63, 3.8) is 0 Å². The number of nitrogens with one attached hydrogen (secondary N) is 1. The Bertz CT molecular complexity index is 794. The average Bonchev–Trinajstić information content (AvgIpc) is 3.19. The first-order chi connectivity index (χ1) is 10.7. The SMILES string of the molecule is O=C(C=C(O)c1csc(Cc2ccccn2)c1)c1ncn[nH]1. The molecular weight excluding hydrogens is 300 g/mol. The van der Waals surface area contributed by atoms with Gasteiger partial charge in [0.05, 0.1) is 0 Å². The molecule has 3 rings (SSSR count). The number of aromatic amines is 1. The van der Waals surface area contributed by atoms with Gasteiger partial charge in [0, 0.05) is 40.2 Å². The zero-order valence-electron chi connectivity index (χ0n) is 11.4. The number of aliphatic hydroxyl groups is 1. The van der Waals surface area contributed by atoms with Gasteiger partial charge in [-0.15, -0.1) is 11.3 Å². The lowest BCUT2D eigenvalue weighted by Gasteiger charge is -1.97. The lowest BCUT2D eigenvalue weighted by atomic mass is 10.2.